The molecule has 146 valence electrons. The lowest BCUT2D eigenvalue weighted by Gasteiger charge is -2.26. The Kier molecular flexibility index (Phi) is 5.16. The van der Waals surface area contributed by atoms with Crippen LogP contribution in [0.25, 0.3) is 0 Å². The summed E-state index contributed by atoms with van der Waals surface area (Å²) in [5.41, 5.74) is 8.00. The van der Waals surface area contributed by atoms with Gasteiger partial charge in [-0.05, 0) is 50.5 Å². The number of hydrogen-bond acceptors (Lipinski definition) is 4. The zero-order chi connectivity index (χ0) is 20.0. The molecule has 7 heteroatoms. The van der Waals surface area contributed by atoms with E-state index in [0.29, 0.717) is 5.00 Å². The van der Waals surface area contributed by atoms with E-state index in [2.05, 4.69) is 5.32 Å². The number of primary amides is 1. The summed E-state index contributed by atoms with van der Waals surface area (Å²) in [7, 11) is 0. The van der Waals surface area contributed by atoms with Gasteiger partial charge in [0, 0.05) is 4.88 Å². The number of amides is 2. The largest absolute Gasteiger partial charge is 0.481 e. The predicted molar refractivity (Wildman–Crippen MR) is 105 cm³/mol. The second-order valence-corrected chi connectivity index (χ2v) is 9.12. The third-order valence-electron chi connectivity index (χ3n) is 5.83. The van der Waals surface area contributed by atoms with Crippen molar-refractivity contribution in [1.82, 2.24) is 0 Å². The monoisotopic (exact) mass is 390 g/mol. The number of nitrogens with one attached hydrogen (secondary N) is 1. The van der Waals surface area contributed by atoms with Gasteiger partial charge in [-0.25, -0.2) is 0 Å². The minimum Gasteiger partial charge on any atom is -0.481 e. The molecule has 1 heterocycles. The highest BCUT2D eigenvalue weighted by Gasteiger charge is 2.57. The summed E-state index contributed by atoms with van der Waals surface area (Å²) in [6.45, 7) is 7.97. The third kappa shape index (κ3) is 3.29. The van der Waals surface area contributed by atoms with E-state index >= 15 is 0 Å². The molecule has 4 N–H and O–H groups in total. The predicted octanol–water partition coefficient (Wildman–Crippen LogP) is 3.60. The third-order valence-corrected chi connectivity index (χ3v) is 7.18. The smallest absolute Gasteiger partial charge is 0.307 e. The summed E-state index contributed by atoms with van der Waals surface area (Å²) in [6.07, 6.45) is 1.65. The summed E-state index contributed by atoms with van der Waals surface area (Å²) >= 11 is 1.33. The number of allylic oxidation sites excluding steroid dienone is 2. The molecule has 0 spiro atoms. The molecule has 6 nitrogen and oxygen atoms in total. The molecular weight excluding hydrogens is 364 g/mol. The van der Waals surface area contributed by atoms with E-state index in [9.17, 15) is 19.5 Å². The van der Waals surface area contributed by atoms with Gasteiger partial charge in [-0.2, -0.15) is 0 Å². The normalized spacial score (nSPS) is 26.5. The van der Waals surface area contributed by atoms with Crippen molar-refractivity contribution in [1.29, 1.82) is 0 Å². The molecule has 3 rings (SSSR count). The molecule has 1 aromatic rings. The van der Waals surface area contributed by atoms with E-state index in [1.807, 2.05) is 27.7 Å². The number of carboxylic acid groups (broad SMARTS) is 1. The Bertz CT molecular complexity index is 835. The summed E-state index contributed by atoms with van der Waals surface area (Å²) < 4.78 is 0. The van der Waals surface area contributed by atoms with E-state index in [1.54, 1.807) is 6.07 Å². The number of carboxylic acids is 1. The van der Waals surface area contributed by atoms with E-state index in [4.69, 9.17) is 5.73 Å². The standard InChI is InChI=1S/C20H26N2O4S/c1-8(2)13-7-12(17(21)23)19(27-13)22-18(24)15-10-5-6-11(14(10)9(3)4)16(15)20(25)26/h7-8,10-11,15-16H,5-6H2,1-4H3,(H2,21,23)(H,22,24)(H,25,26)/t10-,11-,15+,16+/m0/s1. The summed E-state index contributed by atoms with van der Waals surface area (Å²) in [5.74, 6) is -3.09. The van der Waals surface area contributed by atoms with E-state index < -0.39 is 23.7 Å². The van der Waals surface area contributed by atoms with Crippen molar-refractivity contribution >= 4 is 34.1 Å². The van der Waals surface area contributed by atoms with Crippen LogP contribution in [0.4, 0.5) is 5.00 Å². The van der Waals surface area contributed by atoms with E-state index in [0.717, 1.165) is 28.9 Å². The maximum absolute atomic E-state index is 13.1. The highest BCUT2D eigenvalue weighted by Crippen LogP contribution is 2.57. The van der Waals surface area contributed by atoms with Crippen molar-refractivity contribution in [3.05, 3.63) is 27.7 Å². The van der Waals surface area contributed by atoms with E-state index in [1.165, 1.54) is 11.3 Å². The van der Waals surface area contributed by atoms with Crippen LogP contribution in [0.5, 0.6) is 0 Å². The van der Waals surface area contributed by atoms with E-state index in [-0.39, 0.29) is 29.2 Å². The molecule has 27 heavy (non-hydrogen) atoms. The first-order valence-corrected chi connectivity index (χ1v) is 10.1. The molecule has 0 unspecified atom stereocenters. The van der Waals surface area contributed by atoms with Gasteiger partial charge in [-0.15, -0.1) is 11.3 Å². The van der Waals surface area contributed by atoms with Crippen LogP contribution in [0, 0.1) is 23.7 Å². The lowest BCUT2D eigenvalue weighted by Crippen LogP contribution is -2.38. The van der Waals surface area contributed by atoms with Crippen LogP contribution >= 0.6 is 11.3 Å². The Labute approximate surface area is 162 Å². The molecule has 2 amide bonds. The van der Waals surface area contributed by atoms with Crippen LogP contribution < -0.4 is 11.1 Å². The van der Waals surface area contributed by atoms with Gasteiger partial charge in [0.2, 0.25) is 5.91 Å². The molecule has 2 aliphatic carbocycles. The lowest BCUT2D eigenvalue weighted by atomic mass is 9.79. The topological polar surface area (TPSA) is 109 Å². The number of hydrogen-bond donors (Lipinski definition) is 3. The molecule has 0 aromatic carbocycles. The number of anilines is 1. The summed E-state index contributed by atoms with van der Waals surface area (Å²) in [5, 5.41) is 13.0. The molecule has 0 saturated heterocycles. The van der Waals surface area contributed by atoms with Crippen LogP contribution in [0.2, 0.25) is 0 Å². The van der Waals surface area contributed by atoms with Gasteiger partial charge in [0.15, 0.2) is 0 Å². The minimum atomic E-state index is -0.926. The Morgan fingerprint density at radius 2 is 1.78 bits per heavy atom. The number of nitrogens with two attached hydrogens (primary N) is 1. The van der Waals surface area contributed by atoms with Crippen LogP contribution in [0.3, 0.4) is 0 Å². The van der Waals surface area contributed by atoms with Gasteiger partial charge in [0.05, 0.1) is 17.4 Å². The first kappa shape index (κ1) is 19.6. The number of rotatable bonds is 5. The fourth-order valence-corrected chi connectivity index (χ4v) is 5.84. The second kappa shape index (κ2) is 7.11. The zero-order valence-corrected chi connectivity index (χ0v) is 16.9. The van der Waals surface area contributed by atoms with Crippen molar-refractivity contribution in [2.75, 3.05) is 5.32 Å². The number of fused-ring (bicyclic) bond motifs is 2. The second-order valence-electron chi connectivity index (χ2n) is 8.04. The number of aliphatic carboxylic acids is 1. The average Bonchev–Trinajstić information content (AvgIpc) is 3.24. The van der Waals surface area contributed by atoms with Crippen LogP contribution in [-0.4, -0.2) is 22.9 Å². The minimum absolute atomic E-state index is 0.0392. The zero-order valence-electron chi connectivity index (χ0n) is 16.0. The molecule has 1 aromatic heterocycles. The van der Waals surface area contributed by atoms with Crippen molar-refractivity contribution in [3.63, 3.8) is 0 Å². The van der Waals surface area contributed by atoms with Gasteiger partial charge in [0.1, 0.15) is 5.00 Å². The van der Waals surface area contributed by atoms with Gasteiger partial charge in [0.25, 0.3) is 5.91 Å². The Morgan fingerprint density at radius 1 is 1.19 bits per heavy atom. The van der Waals surface area contributed by atoms with Gasteiger partial charge >= 0.3 is 5.97 Å². The molecule has 4 atom stereocenters. The SMILES string of the molecule is CC(C)=C1[C@@H]2CC[C@@H]1[C@@H](C(=O)Nc1sc(C(C)C)cc1C(N)=O)[C@@H]2C(=O)O. The Hall–Kier alpha value is -2.15. The maximum Gasteiger partial charge on any atom is 0.307 e. The number of thiophene rings is 1. The maximum atomic E-state index is 13.1. The molecular formula is C20H26N2O4S. The van der Waals surface area contributed by atoms with Gasteiger partial charge in [-0.1, -0.05) is 25.0 Å². The fraction of sp³-hybridized carbons (Fsp3) is 0.550. The first-order valence-electron chi connectivity index (χ1n) is 9.27. The van der Waals surface area contributed by atoms with Gasteiger partial charge < -0.3 is 16.2 Å². The molecule has 2 bridgehead atoms. The summed E-state index contributed by atoms with van der Waals surface area (Å²) in [6, 6.07) is 1.71. The lowest BCUT2D eigenvalue weighted by molar-refractivity contribution is -0.148. The highest BCUT2D eigenvalue weighted by molar-refractivity contribution is 7.16. The Morgan fingerprint density at radius 3 is 2.26 bits per heavy atom. The van der Waals surface area contributed by atoms with Crippen molar-refractivity contribution in [3.8, 4) is 0 Å². The van der Waals surface area contributed by atoms with Gasteiger partial charge in [-0.3, -0.25) is 14.4 Å². The number of carbonyl (C=O) groups excluding carboxylic acids is 2. The Balaban J connectivity index is 1.93. The van der Waals surface area contributed by atoms with Crippen molar-refractivity contribution < 1.29 is 19.5 Å². The molecule has 0 aliphatic heterocycles. The molecule has 0 radical (unpaired) electrons. The molecule has 2 aliphatic rings. The molecule has 2 saturated carbocycles. The fourth-order valence-electron chi connectivity index (χ4n) is 4.77. The number of carbonyl (C=O) groups is 3. The highest BCUT2D eigenvalue weighted by atomic mass is 32.1. The van der Waals surface area contributed by atoms with Crippen LogP contribution in [0.1, 0.15) is 61.7 Å². The van der Waals surface area contributed by atoms with Crippen LogP contribution in [0.15, 0.2) is 17.2 Å². The summed E-state index contributed by atoms with van der Waals surface area (Å²) in [4.78, 5) is 37.7. The van der Waals surface area contributed by atoms with Crippen LogP contribution in [-0.2, 0) is 9.59 Å². The molecule has 2 fully saturated rings. The quantitative estimate of drug-likeness (QED) is 0.667. The first-order chi connectivity index (χ1) is 12.6. The van der Waals surface area contributed by atoms with Crippen molar-refractivity contribution in [2.45, 2.75) is 46.5 Å². The van der Waals surface area contributed by atoms with Crippen molar-refractivity contribution in [2.24, 2.45) is 29.4 Å². The average molecular weight is 391 g/mol.